The molecule has 0 aliphatic carbocycles. The van der Waals surface area contributed by atoms with Crippen LogP contribution in [-0.2, 0) is 16.0 Å². The molecule has 2 aromatic rings. The number of imide groups is 1. The molecule has 4 nitrogen and oxygen atoms in total. The van der Waals surface area contributed by atoms with Crippen molar-refractivity contribution in [2.75, 3.05) is 12.4 Å². The molecule has 0 bridgehead atoms. The molecule has 0 spiro atoms. The van der Waals surface area contributed by atoms with Gasteiger partial charge in [-0.25, -0.2) is 0 Å². The molecule has 6 heteroatoms. The highest BCUT2D eigenvalue weighted by Crippen LogP contribution is 2.34. The van der Waals surface area contributed by atoms with E-state index < -0.39 is 11.8 Å². The van der Waals surface area contributed by atoms with Crippen LogP contribution in [0.15, 0.2) is 48.2 Å². The Labute approximate surface area is 156 Å². The second kappa shape index (κ2) is 6.90. The fourth-order valence-corrected chi connectivity index (χ4v) is 3.17. The van der Waals surface area contributed by atoms with Crippen molar-refractivity contribution in [3.05, 3.63) is 69.3 Å². The maximum atomic E-state index is 12.6. The number of hydrogen-bond acceptors (Lipinski definition) is 3. The van der Waals surface area contributed by atoms with E-state index in [1.165, 1.54) is 12.6 Å². The summed E-state index contributed by atoms with van der Waals surface area (Å²) in [5.74, 6) is -0.799. The van der Waals surface area contributed by atoms with Crippen molar-refractivity contribution >= 4 is 46.3 Å². The van der Waals surface area contributed by atoms with E-state index in [9.17, 15) is 9.59 Å². The first-order valence-corrected chi connectivity index (χ1v) is 8.56. The second-order valence-electron chi connectivity index (χ2n) is 5.72. The zero-order valence-electron chi connectivity index (χ0n) is 13.8. The third-order valence-corrected chi connectivity index (χ3v) is 4.67. The van der Waals surface area contributed by atoms with E-state index in [-0.39, 0.29) is 11.3 Å². The monoisotopic (exact) mass is 374 g/mol. The van der Waals surface area contributed by atoms with Crippen LogP contribution in [0.3, 0.4) is 0 Å². The minimum atomic E-state index is -0.401. The minimum absolute atomic E-state index is 0.209. The molecule has 1 heterocycles. The fraction of sp³-hybridized carbons (Fsp3) is 0.158. The Balaban J connectivity index is 2.08. The molecule has 0 fully saturated rings. The number of anilines is 1. The van der Waals surface area contributed by atoms with Crippen molar-refractivity contribution in [1.82, 2.24) is 4.90 Å². The molecule has 0 unspecified atom stereocenters. The topological polar surface area (TPSA) is 49.4 Å². The predicted molar refractivity (Wildman–Crippen MR) is 101 cm³/mol. The highest BCUT2D eigenvalue weighted by Gasteiger charge is 2.37. The van der Waals surface area contributed by atoms with E-state index in [2.05, 4.69) is 12.2 Å². The Hall–Kier alpha value is -2.30. The molecule has 1 aliphatic heterocycles. The summed E-state index contributed by atoms with van der Waals surface area (Å²) in [7, 11) is 1.45. The first-order valence-electron chi connectivity index (χ1n) is 7.80. The zero-order valence-corrected chi connectivity index (χ0v) is 15.3. The van der Waals surface area contributed by atoms with Gasteiger partial charge in [-0.1, -0.05) is 48.3 Å². The van der Waals surface area contributed by atoms with E-state index in [0.29, 0.717) is 15.6 Å². The molecule has 0 radical (unpaired) electrons. The van der Waals surface area contributed by atoms with E-state index in [1.807, 2.05) is 24.3 Å². The van der Waals surface area contributed by atoms with Crippen LogP contribution in [0.1, 0.15) is 18.1 Å². The number of rotatable bonds is 4. The van der Waals surface area contributed by atoms with Gasteiger partial charge in [-0.2, -0.15) is 0 Å². The quantitative estimate of drug-likeness (QED) is 0.807. The Morgan fingerprint density at radius 3 is 2.28 bits per heavy atom. The number of carbonyl (C=O) groups excluding carboxylic acids is 2. The summed E-state index contributed by atoms with van der Waals surface area (Å²) in [6, 6.07) is 12.5. The highest BCUT2D eigenvalue weighted by atomic mass is 35.5. The van der Waals surface area contributed by atoms with Crippen molar-refractivity contribution in [2.24, 2.45) is 0 Å². The standard InChI is InChI=1S/C19H16Cl2N2O2/c1-3-11-4-7-13(8-5-11)22-17-16(18(24)23(2)19(17)25)14-9-6-12(20)10-15(14)21/h4-10,22H,3H2,1-2H3. The van der Waals surface area contributed by atoms with Crippen LogP contribution in [0, 0.1) is 0 Å². The molecule has 2 amide bonds. The van der Waals surface area contributed by atoms with Gasteiger partial charge in [0.1, 0.15) is 5.70 Å². The van der Waals surface area contributed by atoms with Gasteiger partial charge in [0, 0.05) is 23.3 Å². The first kappa shape index (κ1) is 17.5. The van der Waals surface area contributed by atoms with Gasteiger partial charge in [0.25, 0.3) is 11.8 Å². The molecule has 1 N–H and O–H groups in total. The lowest BCUT2D eigenvalue weighted by Gasteiger charge is -2.10. The van der Waals surface area contributed by atoms with E-state index in [0.717, 1.165) is 17.0 Å². The number of carbonyl (C=O) groups is 2. The Bertz CT molecular complexity index is 889. The lowest BCUT2D eigenvalue weighted by Crippen LogP contribution is -2.27. The van der Waals surface area contributed by atoms with Crippen molar-refractivity contribution in [3.8, 4) is 0 Å². The van der Waals surface area contributed by atoms with Crippen LogP contribution in [0.5, 0.6) is 0 Å². The van der Waals surface area contributed by atoms with Crippen molar-refractivity contribution in [3.63, 3.8) is 0 Å². The molecule has 0 atom stereocenters. The number of likely N-dealkylation sites (N-methyl/N-ethyl adjacent to an activating group) is 1. The van der Waals surface area contributed by atoms with Gasteiger partial charge in [0.05, 0.1) is 10.6 Å². The van der Waals surface area contributed by atoms with Gasteiger partial charge in [-0.05, 0) is 36.2 Å². The average molecular weight is 375 g/mol. The third kappa shape index (κ3) is 3.28. The molecule has 128 valence electrons. The normalized spacial score (nSPS) is 14.5. The second-order valence-corrected chi connectivity index (χ2v) is 6.56. The van der Waals surface area contributed by atoms with Crippen molar-refractivity contribution < 1.29 is 9.59 Å². The third-order valence-electron chi connectivity index (χ3n) is 4.12. The van der Waals surface area contributed by atoms with Crippen LogP contribution in [0.2, 0.25) is 10.0 Å². The maximum Gasteiger partial charge on any atom is 0.277 e. The Morgan fingerprint density at radius 2 is 1.68 bits per heavy atom. The van der Waals surface area contributed by atoms with Crippen molar-refractivity contribution in [2.45, 2.75) is 13.3 Å². The summed E-state index contributed by atoms with van der Waals surface area (Å²) in [5.41, 5.74) is 2.84. The molecule has 1 aliphatic rings. The van der Waals surface area contributed by atoms with E-state index in [1.54, 1.807) is 18.2 Å². The summed E-state index contributed by atoms with van der Waals surface area (Å²) >= 11 is 12.2. The van der Waals surface area contributed by atoms with Crippen LogP contribution in [-0.4, -0.2) is 23.8 Å². The first-order chi connectivity index (χ1) is 11.9. The lowest BCUT2D eigenvalue weighted by molar-refractivity contribution is -0.135. The van der Waals surface area contributed by atoms with Crippen molar-refractivity contribution in [1.29, 1.82) is 0 Å². The molecule has 2 aromatic carbocycles. The number of nitrogens with one attached hydrogen (secondary N) is 1. The van der Waals surface area contributed by atoms with Gasteiger partial charge in [0.15, 0.2) is 0 Å². The van der Waals surface area contributed by atoms with Gasteiger partial charge in [0.2, 0.25) is 0 Å². The molecular weight excluding hydrogens is 359 g/mol. The molecular formula is C19H16Cl2N2O2. The summed E-state index contributed by atoms with van der Waals surface area (Å²) < 4.78 is 0. The highest BCUT2D eigenvalue weighted by molar-refractivity contribution is 6.41. The minimum Gasteiger partial charge on any atom is -0.350 e. The van der Waals surface area contributed by atoms with Gasteiger partial charge in [-0.15, -0.1) is 0 Å². The summed E-state index contributed by atoms with van der Waals surface area (Å²) in [5, 5.41) is 3.85. The van der Waals surface area contributed by atoms with Gasteiger partial charge < -0.3 is 5.32 Å². The predicted octanol–water partition coefficient (Wildman–Crippen LogP) is 4.38. The lowest BCUT2D eigenvalue weighted by atomic mass is 10.0. The smallest absolute Gasteiger partial charge is 0.277 e. The molecule has 3 rings (SSSR count). The number of benzene rings is 2. The number of nitrogens with zero attached hydrogens (tertiary/aromatic N) is 1. The van der Waals surface area contributed by atoms with Crippen LogP contribution >= 0.6 is 23.2 Å². The summed E-state index contributed by atoms with van der Waals surface area (Å²) in [6.45, 7) is 2.07. The van der Waals surface area contributed by atoms with Gasteiger partial charge >= 0.3 is 0 Å². The molecule has 0 saturated carbocycles. The van der Waals surface area contributed by atoms with Crippen LogP contribution in [0.4, 0.5) is 5.69 Å². The number of aryl methyl sites for hydroxylation is 1. The Morgan fingerprint density at radius 1 is 1.00 bits per heavy atom. The Kier molecular flexibility index (Phi) is 4.84. The van der Waals surface area contributed by atoms with E-state index in [4.69, 9.17) is 23.2 Å². The maximum absolute atomic E-state index is 12.6. The van der Waals surface area contributed by atoms with Gasteiger partial charge in [-0.3, -0.25) is 14.5 Å². The number of hydrogen-bond donors (Lipinski definition) is 1. The van der Waals surface area contributed by atoms with Crippen LogP contribution in [0.25, 0.3) is 5.57 Å². The molecule has 25 heavy (non-hydrogen) atoms. The summed E-state index contributed by atoms with van der Waals surface area (Å²) in [6.07, 6.45) is 0.925. The number of amides is 2. The largest absolute Gasteiger partial charge is 0.350 e. The SMILES string of the molecule is CCc1ccc(NC2=C(c3ccc(Cl)cc3Cl)C(=O)N(C)C2=O)cc1. The van der Waals surface area contributed by atoms with E-state index >= 15 is 0 Å². The molecule has 0 aromatic heterocycles. The molecule has 0 saturated heterocycles. The average Bonchev–Trinajstić information content (AvgIpc) is 2.80. The fourth-order valence-electron chi connectivity index (χ4n) is 2.67. The van der Waals surface area contributed by atoms with Crippen LogP contribution < -0.4 is 5.32 Å². The number of halogens is 2. The summed E-state index contributed by atoms with van der Waals surface area (Å²) in [4.78, 5) is 26.2. The zero-order chi connectivity index (χ0) is 18.1.